The lowest BCUT2D eigenvalue weighted by Crippen LogP contribution is -2.29. The third kappa shape index (κ3) is 9.70. The average Bonchev–Trinajstić information content (AvgIpc) is 2.80. The van der Waals surface area contributed by atoms with E-state index in [1.165, 1.54) is 50.9 Å². The molecule has 0 aliphatic carbocycles. The van der Waals surface area contributed by atoms with Gasteiger partial charge in [-0.2, -0.15) is 0 Å². The van der Waals surface area contributed by atoms with E-state index in [-0.39, 0.29) is 12.4 Å². The SMILES string of the molecule is CCCCN(CCCC)CCCNCc1cc(Cl)c(OCc2ccc(F)cc2Cl)c(OC)c1. The Morgan fingerprint density at radius 2 is 1.64 bits per heavy atom. The lowest BCUT2D eigenvalue weighted by atomic mass is 10.2. The molecule has 0 saturated carbocycles. The molecule has 0 heterocycles. The predicted molar refractivity (Wildman–Crippen MR) is 136 cm³/mol. The molecular formula is C26H37Cl2FN2O2. The van der Waals surface area contributed by atoms with E-state index >= 15 is 0 Å². The summed E-state index contributed by atoms with van der Waals surface area (Å²) in [6, 6.07) is 8.02. The van der Waals surface area contributed by atoms with Crippen LogP contribution in [-0.2, 0) is 13.2 Å². The van der Waals surface area contributed by atoms with Crippen molar-refractivity contribution in [1.29, 1.82) is 0 Å². The molecule has 0 bridgehead atoms. The van der Waals surface area contributed by atoms with Gasteiger partial charge in [-0.15, -0.1) is 0 Å². The third-order valence-electron chi connectivity index (χ3n) is 5.49. The predicted octanol–water partition coefficient (Wildman–Crippen LogP) is 7.10. The van der Waals surface area contributed by atoms with Crippen molar-refractivity contribution >= 4 is 23.2 Å². The van der Waals surface area contributed by atoms with Crippen molar-refractivity contribution in [3.8, 4) is 11.5 Å². The molecule has 0 amide bonds. The van der Waals surface area contributed by atoms with Gasteiger partial charge in [0, 0.05) is 12.1 Å². The van der Waals surface area contributed by atoms with Crippen LogP contribution in [0, 0.1) is 5.82 Å². The van der Waals surface area contributed by atoms with E-state index in [2.05, 4.69) is 24.1 Å². The Kier molecular flexibility index (Phi) is 12.9. The normalized spacial score (nSPS) is 11.2. The van der Waals surface area contributed by atoms with Gasteiger partial charge in [-0.25, -0.2) is 4.39 Å². The molecule has 0 spiro atoms. The van der Waals surface area contributed by atoms with Gasteiger partial charge in [0.25, 0.3) is 0 Å². The first kappa shape index (κ1) is 27.7. The zero-order valence-electron chi connectivity index (χ0n) is 20.1. The number of nitrogens with one attached hydrogen (secondary N) is 1. The first-order valence-corrected chi connectivity index (χ1v) is 12.6. The van der Waals surface area contributed by atoms with E-state index in [1.807, 2.05) is 12.1 Å². The summed E-state index contributed by atoms with van der Waals surface area (Å²) in [5, 5.41) is 4.28. The highest BCUT2D eigenvalue weighted by Crippen LogP contribution is 2.37. The number of nitrogens with zero attached hydrogens (tertiary/aromatic N) is 1. The van der Waals surface area contributed by atoms with Crippen LogP contribution >= 0.6 is 23.2 Å². The highest BCUT2D eigenvalue weighted by molar-refractivity contribution is 6.32. The number of unbranched alkanes of at least 4 members (excludes halogenated alkanes) is 2. The third-order valence-corrected chi connectivity index (χ3v) is 6.12. The summed E-state index contributed by atoms with van der Waals surface area (Å²) in [5.74, 6) is 0.625. The second kappa shape index (κ2) is 15.4. The van der Waals surface area contributed by atoms with E-state index in [4.69, 9.17) is 32.7 Å². The molecule has 0 saturated heterocycles. The summed E-state index contributed by atoms with van der Waals surface area (Å²) in [7, 11) is 1.59. The zero-order chi connectivity index (χ0) is 24.1. The van der Waals surface area contributed by atoms with Crippen LogP contribution in [0.5, 0.6) is 11.5 Å². The van der Waals surface area contributed by atoms with Crippen molar-refractivity contribution in [1.82, 2.24) is 10.2 Å². The van der Waals surface area contributed by atoms with Crippen LogP contribution in [0.1, 0.15) is 57.1 Å². The summed E-state index contributed by atoms with van der Waals surface area (Å²) in [6.45, 7) is 9.79. The lowest BCUT2D eigenvalue weighted by Gasteiger charge is -2.22. The summed E-state index contributed by atoms with van der Waals surface area (Å²) in [4.78, 5) is 2.58. The Balaban J connectivity index is 1.86. The van der Waals surface area contributed by atoms with Crippen LogP contribution in [0.4, 0.5) is 4.39 Å². The van der Waals surface area contributed by atoms with Crippen molar-refractivity contribution in [3.05, 3.63) is 57.3 Å². The molecule has 1 N–H and O–H groups in total. The van der Waals surface area contributed by atoms with Crippen molar-refractivity contribution < 1.29 is 13.9 Å². The molecule has 0 aromatic heterocycles. The molecule has 0 fully saturated rings. The molecule has 2 aromatic rings. The fourth-order valence-corrected chi connectivity index (χ4v) is 4.07. The quantitative estimate of drug-likeness (QED) is 0.250. The van der Waals surface area contributed by atoms with Gasteiger partial charge in [0.2, 0.25) is 0 Å². The molecule has 0 radical (unpaired) electrons. The Hall–Kier alpha value is -1.53. The molecule has 0 atom stereocenters. The number of ether oxygens (including phenoxy) is 2. The van der Waals surface area contributed by atoms with Gasteiger partial charge in [-0.3, -0.25) is 0 Å². The number of hydrogen-bond acceptors (Lipinski definition) is 4. The Bertz CT molecular complexity index is 843. The van der Waals surface area contributed by atoms with Crippen molar-refractivity contribution in [3.63, 3.8) is 0 Å². The number of benzene rings is 2. The molecular weight excluding hydrogens is 462 g/mol. The number of rotatable bonds is 16. The molecule has 2 aromatic carbocycles. The van der Waals surface area contributed by atoms with Crippen LogP contribution in [0.3, 0.4) is 0 Å². The van der Waals surface area contributed by atoms with Crippen molar-refractivity contribution in [2.24, 2.45) is 0 Å². The van der Waals surface area contributed by atoms with E-state index in [0.717, 1.165) is 25.1 Å². The molecule has 2 rings (SSSR count). The second-order valence-electron chi connectivity index (χ2n) is 8.21. The fourth-order valence-electron chi connectivity index (χ4n) is 3.56. The van der Waals surface area contributed by atoms with Gasteiger partial charge in [0.15, 0.2) is 11.5 Å². The Morgan fingerprint density at radius 3 is 2.27 bits per heavy atom. The summed E-state index contributed by atoms with van der Waals surface area (Å²) in [6.07, 6.45) is 6.10. The molecule has 0 unspecified atom stereocenters. The topological polar surface area (TPSA) is 33.7 Å². The molecule has 0 aliphatic heterocycles. The minimum Gasteiger partial charge on any atom is -0.493 e. The molecule has 184 valence electrons. The van der Waals surface area contributed by atoms with Crippen molar-refractivity contribution in [2.45, 2.75) is 59.1 Å². The highest BCUT2D eigenvalue weighted by Gasteiger charge is 2.13. The summed E-state index contributed by atoms with van der Waals surface area (Å²) >= 11 is 12.6. The van der Waals surface area contributed by atoms with Crippen LogP contribution in [0.15, 0.2) is 30.3 Å². The summed E-state index contributed by atoms with van der Waals surface area (Å²) < 4.78 is 24.6. The molecule has 0 aliphatic rings. The van der Waals surface area contributed by atoms with Crippen LogP contribution in [-0.4, -0.2) is 38.2 Å². The summed E-state index contributed by atoms with van der Waals surface area (Å²) in [5.41, 5.74) is 1.70. The average molecular weight is 499 g/mol. The van der Waals surface area contributed by atoms with Gasteiger partial charge in [0.1, 0.15) is 12.4 Å². The standard InChI is InChI=1S/C26H37Cl2FN2O2/c1-4-6-12-31(13-7-5-2)14-8-11-30-18-20-15-24(28)26(25(16-20)32-3)33-19-21-9-10-22(29)17-23(21)27/h9-10,15-17,30H,4-8,11-14,18-19H2,1-3H3. The van der Waals surface area contributed by atoms with Gasteiger partial charge in [0.05, 0.1) is 17.2 Å². The molecule has 33 heavy (non-hydrogen) atoms. The first-order valence-electron chi connectivity index (χ1n) is 11.8. The largest absolute Gasteiger partial charge is 0.493 e. The van der Waals surface area contributed by atoms with E-state index in [9.17, 15) is 4.39 Å². The minimum atomic E-state index is -0.383. The fraction of sp³-hybridized carbons (Fsp3) is 0.538. The van der Waals surface area contributed by atoms with Gasteiger partial charge < -0.3 is 19.7 Å². The lowest BCUT2D eigenvalue weighted by molar-refractivity contribution is 0.261. The van der Waals surface area contributed by atoms with Gasteiger partial charge in [-0.1, -0.05) is 56.0 Å². The number of halogens is 3. The van der Waals surface area contributed by atoms with E-state index in [0.29, 0.717) is 33.7 Å². The zero-order valence-corrected chi connectivity index (χ0v) is 21.6. The van der Waals surface area contributed by atoms with Crippen molar-refractivity contribution in [2.75, 3.05) is 33.3 Å². The second-order valence-corrected chi connectivity index (χ2v) is 9.03. The maximum atomic E-state index is 13.3. The van der Waals surface area contributed by atoms with E-state index in [1.54, 1.807) is 13.2 Å². The molecule has 4 nitrogen and oxygen atoms in total. The van der Waals surface area contributed by atoms with Crippen LogP contribution in [0.25, 0.3) is 0 Å². The van der Waals surface area contributed by atoms with Crippen LogP contribution < -0.4 is 14.8 Å². The maximum absolute atomic E-state index is 13.3. The number of hydrogen-bond donors (Lipinski definition) is 1. The minimum absolute atomic E-state index is 0.166. The van der Waals surface area contributed by atoms with Gasteiger partial charge in [-0.05, 0) is 75.3 Å². The smallest absolute Gasteiger partial charge is 0.180 e. The van der Waals surface area contributed by atoms with Crippen LogP contribution in [0.2, 0.25) is 10.0 Å². The Morgan fingerprint density at radius 1 is 0.939 bits per heavy atom. The Labute approximate surface area is 208 Å². The first-order chi connectivity index (χ1) is 16.0. The van der Waals surface area contributed by atoms with Gasteiger partial charge >= 0.3 is 0 Å². The highest BCUT2D eigenvalue weighted by atomic mass is 35.5. The molecule has 7 heteroatoms. The number of methoxy groups -OCH3 is 1. The maximum Gasteiger partial charge on any atom is 0.180 e. The monoisotopic (exact) mass is 498 g/mol. The van der Waals surface area contributed by atoms with E-state index < -0.39 is 0 Å².